The molecule has 3 aromatic rings. The molecule has 0 fully saturated rings. The molecule has 0 unspecified atom stereocenters. The van der Waals surface area contributed by atoms with Crippen molar-refractivity contribution in [1.82, 2.24) is 20.4 Å². The molecule has 1 amide bonds. The van der Waals surface area contributed by atoms with Crippen molar-refractivity contribution >= 4 is 17.6 Å². The molecule has 0 aliphatic heterocycles. The van der Waals surface area contributed by atoms with Crippen molar-refractivity contribution in [2.24, 2.45) is 0 Å². The first-order valence-corrected chi connectivity index (χ1v) is 7.28. The number of carboxylic acids is 1. The van der Waals surface area contributed by atoms with E-state index >= 15 is 0 Å². The number of aromatic carboxylic acids is 1. The molecule has 0 saturated heterocycles. The summed E-state index contributed by atoms with van der Waals surface area (Å²) in [4.78, 5) is 23.6. The van der Waals surface area contributed by atoms with Gasteiger partial charge < -0.3 is 10.4 Å². The van der Waals surface area contributed by atoms with Gasteiger partial charge in [0, 0.05) is 5.56 Å². The average molecular weight is 346 g/mol. The van der Waals surface area contributed by atoms with Crippen LogP contribution in [-0.2, 0) is 0 Å². The standard InChI is InChI=1S/C17H10N6O3/c18-8-10-1-2-14(12(7-10)17(25)26)21-16(24)15-4-3-13(22-23-15)11-5-6-19-20-9-11/h1-7,9H,(H,21,24)(H,25,26). The summed E-state index contributed by atoms with van der Waals surface area (Å²) >= 11 is 0. The Morgan fingerprint density at radius 3 is 2.54 bits per heavy atom. The van der Waals surface area contributed by atoms with Gasteiger partial charge in [0.25, 0.3) is 5.91 Å². The van der Waals surface area contributed by atoms with Crippen LogP contribution in [0.5, 0.6) is 0 Å². The third-order valence-electron chi connectivity index (χ3n) is 3.40. The molecular weight excluding hydrogens is 336 g/mol. The highest BCUT2D eigenvalue weighted by Crippen LogP contribution is 2.19. The summed E-state index contributed by atoms with van der Waals surface area (Å²) < 4.78 is 0. The van der Waals surface area contributed by atoms with Gasteiger partial charge in [-0.25, -0.2) is 4.79 Å². The molecule has 9 nitrogen and oxygen atoms in total. The number of rotatable bonds is 4. The van der Waals surface area contributed by atoms with Gasteiger partial charge in [-0.2, -0.15) is 15.5 Å². The van der Waals surface area contributed by atoms with E-state index in [9.17, 15) is 14.7 Å². The van der Waals surface area contributed by atoms with Gasteiger partial charge in [0.2, 0.25) is 0 Å². The fraction of sp³-hybridized carbons (Fsp3) is 0. The number of hydrogen-bond donors (Lipinski definition) is 2. The third-order valence-corrected chi connectivity index (χ3v) is 3.40. The quantitative estimate of drug-likeness (QED) is 0.727. The first-order valence-electron chi connectivity index (χ1n) is 7.28. The summed E-state index contributed by atoms with van der Waals surface area (Å²) in [6.07, 6.45) is 3.02. The van der Waals surface area contributed by atoms with Gasteiger partial charge in [0.05, 0.1) is 41.0 Å². The van der Waals surface area contributed by atoms with Crippen molar-refractivity contribution in [2.75, 3.05) is 5.32 Å². The molecule has 9 heteroatoms. The van der Waals surface area contributed by atoms with Crippen LogP contribution in [0.1, 0.15) is 26.4 Å². The predicted octanol–water partition coefficient (Wildman–Crippen LogP) is 1.76. The van der Waals surface area contributed by atoms with Crippen LogP contribution >= 0.6 is 0 Å². The monoisotopic (exact) mass is 346 g/mol. The summed E-state index contributed by atoms with van der Waals surface area (Å²) in [7, 11) is 0. The lowest BCUT2D eigenvalue weighted by Gasteiger charge is -2.08. The maximum atomic E-state index is 12.3. The number of carbonyl (C=O) groups is 2. The van der Waals surface area contributed by atoms with Crippen molar-refractivity contribution < 1.29 is 14.7 Å². The molecule has 0 spiro atoms. The number of carbonyl (C=O) groups excluding carboxylic acids is 1. The van der Waals surface area contributed by atoms with Gasteiger partial charge in [-0.3, -0.25) is 4.79 Å². The predicted molar refractivity (Wildman–Crippen MR) is 89.1 cm³/mol. The summed E-state index contributed by atoms with van der Waals surface area (Å²) in [6, 6.07) is 10.5. The largest absolute Gasteiger partial charge is 0.478 e. The molecule has 0 radical (unpaired) electrons. The van der Waals surface area contributed by atoms with Crippen LogP contribution in [0, 0.1) is 11.3 Å². The first kappa shape index (κ1) is 16.7. The number of nitriles is 1. The smallest absolute Gasteiger partial charge is 0.337 e. The molecule has 0 saturated carbocycles. The number of benzene rings is 1. The number of amides is 1. The molecule has 2 N–H and O–H groups in total. The van der Waals surface area contributed by atoms with E-state index < -0.39 is 11.9 Å². The Kier molecular flexibility index (Phi) is 4.58. The first-order chi connectivity index (χ1) is 12.6. The second kappa shape index (κ2) is 7.14. The zero-order valence-corrected chi connectivity index (χ0v) is 13.1. The zero-order chi connectivity index (χ0) is 18.5. The molecule has 0 aliphatic rings. The minimum atomic E-state index is -1.26. The molecular formula is C17H10N6O3. The van der Waals surface area contributed by atoms with Gasteiger partial charge in [0.1, 0.15) is 0 Å². The third kappa shape index (κ3) is 3.49. The molecule has 2 heterocycles. The lowest BCUT2D eigenvalue weighted by molar-refractivity contribution is 0.0698. The van der Waals surface area contributed by atoms with Crippen molar-refractivity contribution in [1.29, 1.82) is 5.26 Å². The number of aromatic nitrogens is 4. The summed E-state index contributed by atoms with van der Waals surface area (Å²) in [6.45, 7) is 0. The van der Waals surface area contributed by atoms with Gasteiger partial charge in [-0.1, -0.05) is 0 Å². The van der Waals surface area contributed by atoms with Crippen molar-refractivity contribution in [3.8, 4) is 17.3 Å². The maximum absolute atomic E-state index is 12.3. The highest BCUT2D eigenvalue weighted by atomic mass is 16.4. The molecule has 126 valence electrons. The Morgan fingerprint density at radius 2 is 1.92 bits per heavy atom. The van der Waals surface area contributed by atoms with E-state index in [2.05, 4.69) is 25.7 Å². The zero-order valence-electron chi connectivity index (χ0n) is 13.1. The molecule has 3 rings (SSSR count). The van der Waals surface area contributed by atoms with E-state index in [0.717, 1.165) is 0 Å². The van der Waals surface area contributed by atoms with E-state index in [4.69, 9.17) is 5.26 Å². The summed E-state index contributed by atoms with van der Waals surface area (Å²) in [5.74, 6) is -1.88. The van der Waals surface area contributed by atoms with E-state index in [-0.39, 0.29) is 22.5 Å². The number of nitrogens with zero attached hydrogens (tertiary/aromatic N) is 5. The lowest BCUT2D eigenvalue weighted by Crippen LogP contribution is -2.16. The second-order valence-electron chi connectivity index (χ2n) is 5.07. The van der Waals surface area contributed by atoms with Gasteiger partial charge in [-0.05, 0) is 36.4 Å². The molecule has 26 heavy (non-hydrogen) atoms. The average Bonchev–Trinajstić information content (AvgIpc) is 2.69. The van der Waals surface area contributed by atoms with Crippen molar-refractivity contribution in [3.63, 3.8) is 0 Å². The number of nitrogens with one attached hydrogen (secondary N) is 1. The SMILES string of the molecule is N#Cc1ccc(NC(=O)c2ccc(-c3ccnnc3)nn2)c(C(=O)O)c1. The van der Waals surface area contributed by atoms with Crippen molar-refractivity contribution in [2.45, 2.75) is 0 Å². The minimum Gasteiger partial charge on any atom is -0.478 e. The highest BCUT2D eigenvalue weighted by molar-refractivity contribution is 6.06. The van der Waals surface area contributed by atoms with E-state index in [0.29, 0.717) is 11.3 Å². The summed E-state index contributed by atoms with van der Waals surface area (Å²) in [5, 5.41) is 35.8. The fourth-order valence-corrected chi connectivity index (χ4v) is 2.14. The fourth-order valence-electron chi connectivity index (χ4n) is 2.14. The topological polar surface area (TPSA) is 142 Å². The van der Waals surface area contributed by atoms with E-state index in [1.165, 1.54) is 36.7 Å². The van der Waals surface area contributed by atoms with Crippen LogP contribution in [0.4, 0.5) is 5.69 Å². The van der Waals surface area contributed by atoms with Crippen LogP contribution in [0.15, 0.2) is 48.8 Å². The van der Waals surface area contributed by atoms with Gasteiger partial charge in [0.15, 0.2) is 5.69 Å². The normalized spacial score (nSPS) is 9.96. The van der Waals surface area contributed by atoms with E-state index in [1.807, 2.05) is 6.07 Å². The molecule has 0 aliphatic carbocycles. The lowest BCUT2D eigenvalue weighted by atomic mass is 10.1. The Labute approximate surface area is 147 Å². The summed E-state index contributed by atoms with van der Waals surface area (Å²) in [5.41, 5.74) is 1.27. The van der Waals surface area contributed by atoms with Crippen LogP contribution < -0.4 is 5.32 Å². The van der Waals surface area contributed by atoms with Crippen LogP contribution in [0.25, 0.3) is 11.3 Å². The van der Waals surface area contributed by atoms with Crippen LogP contribution in [-0.4, -0.2) is 37.4 Å². The Bertz CT molecular complexity index is 1010. The Hall–Kier alpha value is -4.19. The van der Waals surface area contributed by atoms with Crippen LogP contribution in [0.3, 0.4) is 0 Å². The molecule has 0 atom stereocenters. The van der Waals surface area contributed by atoms with Crippen LogP contribution in [0.2, 0.25) is 0 Å². The maximum Gasteiger partial charge on any atom is 0.337 e. The highest BCUT2D eigenvalue weighted by Gasteiger charge is 2.16. The molecule has 0 bridgehead atoms. The molecule has 1 aromatic carbocycles. The second-order valence-corrected chi connectivity index (χ2v) is 5.07. The van der Waals surface area contributed by atoms with Crippen molar-refractivity contribution in [3.05, 3.63) is 65.6 Å². The number of hydrogen-bond acceptors (Lipinski definition) is 7. The Balaban J connectivity index is 1.83. The van der Waals surface area contributed by atoms with E-state index in [1.54, 1.807) is 12.1 Å². The van der Waals surface area contributed by atoms with Gasteiger partial charge >= 0.3 is 5.97 Å². The Morgan fingerprint density at radius 1 is 1.08 bits per heavy atom. The number of anilines is 1. The number of carboxylic acid groups (broad SMARTS) is 1. The minimum absolute atomic E-state index is 0.0106. The molecule has 2 aromatic heterocycles. The van der Waals surface area contributed by atoms with Gasteiger partial charge in [-0.15, -0.1) is 10.2 Å².